The summed E-state index contributed by atoms with van der Waals surface area (Å²) in [6.45, 7) is 4.72. The first-order valence-corrected chi connectivity index (χ1v) is 16.4. The van der Waals surface area contributed by atoms with Crippen molar-refractivity contribution in [1.82, 2.24) is 0 Å². The molecule has 0 unspecified atom stereocenters. The molecule has 0 saturated heterocycles. The number of anilines is 3. The van der Waals surface area contributed by atoms with Crippen LogP contribution in [0.15, 0.2) is 152 Å². The van der Waals surface area contributed by atoms with Gasteiger partial charge in [-0.1, -0.05) is 129 Å². The van der Waals surface area contributed by atoms with E-state index in [2.05, 4.69) is 170 Å². The van der Waals surface area contributed by atoms with Crippen LogP contribution in [0.2, 0.25) is 0 Å². The van der Waals surface area contributed by atoms with Crippen LogP contribution in [0.25, 0.3) is 53.2 Å². The predicted octanol–water partition coefficient (Wildman–Crippen LogP) is 12.7. The normalized spacial score (nSPS) is 13.3. The van der Waals surface area contributed by atoms with Gasteiger partial charge in [-0.15, -0.1) is 11.3 Å². The second kappa shape index (κ2) is 9.92. The van der Waals surface area contributed by atoms with Gasteiger partial charge in [0.1, 0.15) is 0 Å². The molecular weight excluding hydrogens is 563 g/mol. The fourth-order valence-corrected chi connectivity index (χ4v) is 8.70. The monoisotopic (exact) mass is 593 g/mol. The Labute approximate surface area is 267 Å². The minimum Gasteiger partial charge on any atom is -0.310 e. The molecule has 1 aromatic heterocycles. The third-order valence-corrected chi connectivity index (χ3v) is 10.8. The summed E-state index contributed by atoms with van der Waals surface area (Å²) in [7, 11) is 0. The first-order valence-electron chi connectivity index (χ1n) is 15.6. The number of nitrogens with zero attached hydrogens (tertiary/aromatic N) is 1. The molecule has 1 heterocycles. The molecule has 9 rings (SSSR count). The third kappa shape index (κ3) is 3.99. The first-order chi connectivity index (χ1) is 22.1. The number of hydrogen-bond acceptors (Lipinski definition) is 2. The Morgan fingerprint density at radius 3 is 2.16 bits per heavy atom. The molecule has 2 heteroatoms. The van der Waals surface area contributed by atoms with Crippen molar-refractivity contribution in [2.45, 2.75) is 19.3 Å². The van der Waals surface area contributed by atoms with E-state index in [0.29, 0.717) is 0 Å². The van der Waals surface area contributed by atoms with Crippen LogP contribution in [0, 0.1) is 0 Å². The van der Waals surface area contributed by atoms with Gasteiger partial charge >= 0.3 is 0 Å². The van der Waals surface area contributed by atoms with Crippen LogP contribution in [-0.4, -0.2) is 0 Å². The molecule has 0 radical (unpaired) electrons. The lowest BCUT2D eigenvalue weighted by Gasteiger charge is -2.29. The van der Waals surface area contributed by atoms with E-state index in [4.69, 9.17) is 0 Å². The Morgan fingerprint density at radius 2 is 1.24 bits per heavy atom. The van der Waals surface area contributed by atoms with Crippen LogP contribution in [0.1, 0.15) is 25.0 Å². The lowest BCUT2D eigenvalue weighted by atomic mass is 9.82. The predicted molar refractivity (Wildman–Crippen MR) is 195 cm³/mol. The molecule has 214 valence electrons. The Morgan fingerprint density at radius 1 is 0.511 bits per heavy atom. The number of benzene rings is 7. The van der Waals surface area contributed by atoms with Gasteiger partial charge in [-0.05, 0) is 75.2 Å². The van der Waals surface area contributed by atoms with Crippen LogP contribution >= 0.6 is 11.3 Å². The highest BCUT2D eigenvalue weighted by atomic mass is 32.1. The Balaban J connectivity index is 1.33. The number of hydrogen-bond donors (Lipinski definition) is 0. The van der Waals surface area contributed by atoms with Gasteiger partial charge in [0.05, 0.1) is 5.69 Å². The lowest BCUT2D eigenvalue weighted by Crippen LogP contribution is -2.16. The summed E-state index contributed by atoms with van der Waals surface area (Å²) in [5.74, 6) is 0. The zero-order chi connectivity index (χ0) is 30.1. The van der Waals surface area contributed by atoms with Crippen molar-refractivity contribution in [2.75, 3.05) is 4.90 Å². The van der Waals surface area contributed by atoms with Gasteiger partial charge in [-0.2, -0.15) is 0 Å². The van der Waals surface area contributed by atoms with E-state index in [1.165, 1.54) is 75.7 Å². The van der Waals surface area contributed by atoms with Crippen molar-refractivity contribution in [3.63, 3.8) is 0 Å². The zero-order valence-corrected chi connectivity index (χ0v) is 26.1. The van der Waals surface area contributed by atoms with Crippen molar-refractivity contribution in [2.24, 2.45) is 0 Å². The van der Waals surface area contributed by atoms with Crippen LogP contribution in [0.3, 0.4) is 0 Å². The molecule has 0 saturated carbocycles. The minimum absolute atomic E-state index is 0.0863. The van der Waals surface area contributed by atoms with E-state index < -0.39 is 0 Å². The molecule has 0 amide bonds. The summed E-state index contributed by atoms with van der Waals surface area (Å²) in [4.78, 5) is 2.48. The van der Waals surface area contributed by atoms with E-state index in [0.717, 1.165) is 5.69 Å². The number of fused-ring (bicyclic) bond motifs is 8. The second-order valence-electron chi connectivity index (χ2n) is 12.6. The van der Waals surface area contributed by atoms with Gasteiger partial charge < -0.3 is 4.90 Å². The molecule has 0 fully saturated rings. The van der Waals surface area contributed by atoms with Gasteiger partial charge in [-0.25, -0.2) is 0 Å². The maximum atomic E-state index is 2.48. The molecule has 1 aliphatic rings. The summed E-state index contributed by atoms with van der Waals surface area (Å²) in [6, 6.07) is 55.8. The Bertz CT molecular complexity index is 2410. The number of rotatable bonds is 4. The molecule has 45 heavy (non-hydrogen) atoms. The quantitative estimate of drug-likeness (QED) is 0.196. The highest BCUT2D eigenvalue weighted by Crippen LogP contribution is 2.52. The summed E-state index contributed by atoms with van der Waals surface area (Å²) >= 11 is 1.90. The Hall–Kier alpha value is -5.18. The van der Waals surface area contributed by atoms with Crippen molar-refractivity contribution in [1.29, 1.82) is 0 Å². The van der Waals surface area contributed by atoms with Gasteiger partial charge in [0.25, 0.3) is 0 Å². The molecule has 0 atom stereocenters. The average Bonchev–Trinajstić information content (AvgIpc) is 3.58. The SMILES string of the molecule is CC1(C)c2ccccc2-c2ccc(N(c3cccc(-c4ccccc4)c3)c3cccc4ccc5c6ccccc6sc5c34)cc21. The van der Waals surface area contributed by atoms with Crippen molar-refractivity contribution >= 4 is 59.3 Å². The molecule has 0 aliphatic heterocycles. The topological polar surface area (TPSA) is 3.24 Å². The highest BCUT2D eigenvalue weighted by molar-refractivity contribution is 7.26. The largest absolute Gasteiger partial charge is 0.310 e. The van der Waals surface area contributed by atoms with Crippen molar-refractivity contribution in [3.8, 4) is 22.3 Å². The van der Waals surface area contributed by atoms with Gasteiger partial charge in [0, 0.05) is 42.3 Å². The van der Waals surface area contributed by atoms with Crippen LogP contribution in [0.4, 0.5) is 17.1 Å². The third-order valence-electron chi connectivity index (χ3n) is 9.64. The van der Waals surface area contributed by atoms with Crippen molar-refractivity contribution in [3.05, 3.63) is 163 Å². The minimum atomic E-state index is -0.0863. The summed E-state index contributed by atoms with van der Waals surface area (Å²) in [6.07, 6.45) is 0. The average molecular weight is 594 g/mol. The highest BCUT2D eigenvalue weighted by Gasteiger charge is 2.35. The molecule has 1 aliphatic carbocycles. The van der Waals surface area contributed by atoms with Gasteiger partial charge in [0.2, 0.25) is 0 Å². The molecule has 0 spiro atoms. The van der Waals surface area contributed by atoms with Crippen LogP contribution in [-0.2, 0) is 5.41 Å². The number of thiophene rings is 1. The fraction of sp³-hybridized carbons (Fsp3) is 0.0698. The second-order valence-corrected chi connectivity index (χ2v) is 13.6. The zero-order valence-electron chi connectivity index (χ0n) is 25.3. The lowest BCUT2D eigenvalue weighted by molar-refractivity contribution is 0.660. The molecular formula is C43H31NS. The molecule has 0 bridgehead atoms. The summed E-state index contributed by atoms with van der Waals surface area (Å²) in [5, 5.41) is 5.19. The standard InChI is InChI=1S/C43H31NS/c1-43(2)37-19-8-6-17-33(37)34-25-23-32(27-38(34)43)44(31-16-10-15-30(26-31)28-12-4-3-5-13-28)39-20-11-14-29-22-24-36-35-18-7-9-21-40(35)45-42(36)41(29)39/h3-27H,1-2H3. The van der Waals surface area contributed by atoms with E-state index in [1.54, 1.807) is 0 Å². The molecule has 7 aromatic carbocycles. The maximum absolute atomic E-state index is 2.48. The van der Waals surface area contributed by atoms with Gasteiger partial charge in [-0.3, -0.25) is 0 Å². The van der Waals surface area contributed by atoms with E-state index in [-0.39, 0.29) is 5.41 Å². The van der Waals surface area contributed by atoms with Gasteiger partial charge in [0.15, 0.2) is 0 Å². The summed E-state index contributed by atoms with van der Waals surface area (Å²) < 4.78 is 2.66. The Kier molecular flexibility index (Phi) is 5.78. The fourth-order valence-electron chi connectivity index (χ4n) is 7.43. The molecule has 0 N–H and O–H groups in total. The molecule has 8 aromatic rings. The maximum Gasteiger partial charge on any atom is 0.0554 e. The molecule has 1 nitrogen and oxygen atoms in total. The van der Waals surface area contributed by atoms with E-state index in [9.17, 15) is 0 Å². The van der Waals surface area contributed by atoms with Crippen LogP contribution < -0.4 is 4.90 Å². The van der Waals surface area contributed by atoms with Crippen LogP contribution in [0.5, 0.6) is 0 Å². The summed E-state index contributed by atoms with van der Waals surface area (Å²) in [5.41, 5.74) is 11.3. The van der Waals surface area contributed by atoms with E-state index >= 15 is 0 Å². The van der Waals surface area contributed by atoms with E-state index in [1.807, 2.05) is 11.3 Å². The smallest absolute Gasteiger partial charge is 0.0554 e. The van der Waals surface area contributed by atoms with Crippen molar-refractivity contribution < 1.29 is 0 Å². The first kappa shape index (κ1) is 26.2.